The van der Waals surface area contributed by atoms with E-state index in [0.717, 1.165) is 25.7 Å². The Morgan fingerprint density at radius 3 is 2.54 bits per heavy atom. The van der Waals surface area contributed by atoms with E-state index in [0.29, 0.717) is 34.8 Å². The van der Waals surface area contributed by atoms with Crippen LogP contribution in [0.2, 0.25) is 0 Å². The number of nitrogens with one attached hydrogen (secondary N) is 1. The quantitative estimate of drug-likeness (QED) is 0.505. The summed E-state index contributed by atoms with van der Waals surface area (Å²) < 4.78 is 34.8. The molecule has 1 aromatic carbocycles. The van der Waals surface area contributed by atoms with E-state index in [1.807, 2.05) is 11.8 Å². The summed E-state index contributed by atoms with van der Waals surface area (Å²) in [5.41, 5.74) is 1.28. The van der Waals surface area contributed by atoms with Gasteiger partial charge >= 0.3 is 0 Å². The van der Waals surface area contributed by atoms with E-state index >= 15 is 4.39 Å². The molecule has 2 N–H and O–H groups in total. The van der Waals surface area contributed by atoms with Crippen LogP contribution in [0.15, 0.2) is 36.7 Å². The lowest BCUT2D eigenvalue weighted by molar-refractivity contribution is 0.0828. The standard InChI is InChI=1S/C27H30F2N6O2/c1-26-8-9-27(2,34-26)23(29)21(12-26)35(17-5-6-17)25-31-14-20(32-33-25)18-7-4-15(11-22(18)36)16-10-19(28)24(37-3)30-13-16/h4,7,10-11,13-14,17,21,23,34,36H,5-6,8-9,12H2,1-3H3/t21-,23-,26-,27+/m0/s1. The molecule has 0 amide bonds. The number of hydrogen-bond donors (Lipinski definition) is 2. The van der Waals surface area contributed by atoms with Gasteiger partial charge in [-0.2, -0.15) is 0 Å². The zero-order chi connectivity index (χ0) is 25.9. The van der Waals surface area contributed by atoms with E-state index in [1.165, 1.54) is 25.4 Å². The molecule has 2 aliphatic heterocycles. The fourth-order valence-electron chi connectivity index (χ4n) is 6.05. The van der Waals surface area contributed by atoms with Crippen molar-refractivity contribution in [3.05, 3.63) is 42.5 Å². The van der Waals surface area contributed by atoms with Crippen molar-refractivity contribution >= 4 is 5.95 Å². The molecule has 1 saturated carbocycles. The lowest BCUT2D eigenvalue weighted by atomic mass is 9.82. The fraction of sp³-hybridized carbons (Fsp3) is 0.481. The molecule has 4 atom stereocenters. The van der Waals surface area contributed by atoms with Gasteiger partial charge in [-0.1, -0.05) is 6.07 Å². The Labute approximate surface area is 214 Å². The lowest BCUT2D eigenvalue weighted by Crippen LogP contribution is -2.66. The number of aromatic hydroxyl groups is 1. The molecule has 37 heavy (non-hydrogen) atoms. The monoisotopic (exact) mass is 508 g/mol. The first kappa shape index (κ1) is 24.0. The first-order valence-corrected chi connectivity index (χ1v) is 12.6. The fourth-order valence-corrected chi connectivity index (χ4v) is 6.05. The molecule has 4 heterocycles. The summed E-state index contributed by atoms with van der Waals surface area (Å²) in [4.78, 5) is 10.6. The zero-order valence-corrected chi connectivity index (χ0v) is 21.1. The minimum atomic E-state index is -1.04. The van der Waals surface area contributed by atoms with Crippen LogP contribution in [-0.4, -0.2) is 61.7 Å². The summed E-state index contributed by atoms with van der Waals surface area (Å²) in [5, 5.41) is 23.0. The predicted molar refractivity (Wildman–Crippen MR) is 135 cm³/mol. The van der Waals surface area contributed by atoms with Crippen LogP contribution in [0.25, 0.3) is 22.4 Å². The molecule has 1 aliphatic carbocycles. The number of nitrogens with zero attached hydrogens (tertiary/aromatic N) is 5. The van der Waals surface area contributed by atoms with E-state index in [9.17, 15) is 9.50 Å². The third-order valence-electron chi connectivity index (χ3n) is 8.08. The SMILES string of the molecule is COc1ncc(-c2ccc(-c3cnc(N(C4CC4)[C@H]4C[C@]5(C)CC[C@@](C)(N5)[C@H]4F)nn3)c(O)c2)cc1F. The van der Waals surface area contributed by atoms with Crippen LogP contribution in [0.4, 0.5) is 14.7 Å². The summed E-state index contributed by atoms with van der Waals surface area (Å²) in [5.74, 6) is -0.306. The third-order valence-corrected chi connectivity index (χ3v) is 8.08. The molecule has 0 spiro atoms. The lowest BCUT2D eigenvalue weighted by Gasteiger charge is -2.48. The second-order valence-electron chi connectivity index (χ2n) is 11.0. The molecule has 0 unspecified atom stereocenters. The summed E-state index contributed by atoms with van der Waals surface area (Å²) in [6, 6.07) is 6.14. The van der Waals surface area contributed by atoms with Crippen LogP contribution in [-0.2, 0) is 0 Å². The minimum Gasteiger partial charge on any atom is -0.507 e. The maximum absolute atomic E-state index is 15.8. The second kappa shape index (κ2) is 8.58. The van der Waals surface area contributed by atoms with Crippen molar-refractivity contribution in [1.82, 2.24) is 25.5 Å². The van der Waals surface area contributed by atoms with Crippen molar-refractivity contribution in [3.63, 3.8) is 0 Å². The van der Waals surface area contributed by atoms with Gasteiger partial charge in [-0.15, -0.1) is 10.2 Å². The summed E-state index contributed by atoms with van der Waals surface area (Å²) in [7, 11) is 1.35. The summed E-state index contributed by atoms with van der Waals surface area (Å²) in [6.07, 6.45) is 6.42. The average molecular weight is 509 g/mol. The molecule has 10 heteroatoms. The maximum atomic E-state index is 15.8. The van der Waals surface area contributed by atoms with Gasteiger partial charge in [0.05, 0.1) is 19.3 Å². The van der Waals surface area contributed by atoms with E-state index in [-0.39, 0.29) is 29.3 Å². The molecule has 8 nitrogen and oxygen atoms in total. The number of phenols is 1. The van der Waals surface area contributed by atoms with Crippen LogP contribution in [0, 0.1) is 5.82 Å². The van der Waals surface area contributed by atoms with Crippen molar-refractivity contribution in [2.24, 2.45) is 0 Å². The van der Waals surface area contributed by atoms with Crippen LogP contribution in [0.1, 0.15) is 46.0 Å². The van der Waals surface area contributed by atoms with Gasteiger partial charge in [-0.05, 0) is 69.7 Å². The first-order chi connectivity index (χ1) is 17.7. The number of halogens is 2. The Balaban J connectivity index is 1.27. The molecular weight excluding hydrogens is 478 g/mol. The predicted octanol–water partition coefficient (Wildman–Crippen LogP) is 4.43. The van der Waals surface area contributed by atoms with Gasteiger partial charge in [0, 0.05) is 34.4 Å². The highest BCUT2D eigenvalue weighted by Gasteiger charge is 2.58. The molecule has 3 aliphatic rings. The zero-order valence-electron chi connectivity index (χ0n) is 21.1. The molecule has 0 radical (unpaired) electrons. The Bertz CT molecular complexity index is 1340. The molecule has 3 fully saturated rings. The van der Waals surface area contributed by atoms with E-state index in [1.54, 1.807) is 18.3 Å². The Kier molecular flexibility index (Phi) is 5.56. The average Bonchev–Trinajstić information content (AvgIpc) is 3.67. The number of rotatable bonds is 6. The molecule has 2 bridgehead atoms. The van der Waals surface area contributed by atoms with Crippen molar-refractivity contribution in [2.75, 3.05) is 12.0 Å². The van der Waals surface area contributed by atoms with Crippen molar-refractivity contribution in [3.8, 4) is 34.0 Å². The van der Waals surface area contributed by atoms with Gasteiger partial charge in [0.25, 0.3) is 0 Å². The van der Waals surface area contributed by atoms with Crippen LogP contribution < -0.4 is 15.0 Å². The molecule has 3 aromatic rings. The van der Waals surface area contributed by atoms with Crippen molar-refractivity contribution in [1.29, 1.82) is 0 Å². The normalized spacial score (nSPS) is 28.8. The highest BCUT2D eigenvalue weighted by Crippen LogP contribution is 2.47. The van der Waals surface area contributed by atoms with Gasteiger partial charge in [0.2, 0.25) is 11.8 Å². The summed E-state index contributed by atoms with van der Waals surface area (Å²) in [6.45, 7) is 4.15. The van der Waals surface area contributed by atoms with Gasteiger partial charge in [-0.25, -0.2) is 18.7 Å². The highest BCUT2D eigenvalue weighted by atomic mass is 19.1. The number of anilines is 1. The number of hydrogen-bond acceptors (Lipinski definition) is 8. The van der Waals surface area contributed by atoms with Crippen LogP contribution >= 0.6 is 0 Å². The summed E-state index contributed by atoms with van der Waals surface area (Å²) >= 11 is 0. The largest absolute Gasteiger partial charge is 0.507 e. The number of fused-ring (bicyclic) bond motifs is 2. The van der Waals surface area contributed by atoms with Gasteiger partial charge in [0.15, 0.2) is 5.82 Å². The van der Waals surface area contributed by atoms with Gasteiger partial charge in [-0.3, -0.25) is 0 Å². The number of aromatic nitrogens is 4. The number of piperidine rings is 1. The molecular formula is C27H30F2N6O2. The Morgan fingerprint density at radius 2 is 1.89 bits per heavy atom. The number of pyridine rings is 1. The van der Waals surface area contributed by atoms with Gasteiger partial charge in [0.1, 0.15) is 17.6 Å². The maximum Gasteiger partial charge on any atom is 0.250 e. The molecule has 2 saturated heterocycles. The van der Waals surface area contributed by atoms with E-state index in [4.69, 9.17) is 4.74 Å². The van der Waals surface area contributed by atoms with Gasteiger partial charge < -0.3 is 20.1 Å². The van der Waals surface area contributed by atoms with Crippen molar-refractivity contribution in [2.45, 2.75) is 75.3 Å². The van der Waals surface area contributed by atoms with Crippen LogP contribution in [0.3, 0.4) is 0 Å². The topological polar surface area (TPSA) is 96.3 Å². The number of ether oxygens (including phenoxy) is 1. The minimum absolute atomic E-state index is 0.0452. The first-order valence-electron chi connectivity index (χ1n) is 12.6. The Morgan fingerprint density at radius 1 is 1.08 bits per heavy atom. The number of phenolic OH excluding ortho intramolecular Hbond substituents is 1. The van der Waals surface area contributed by atoms with Crippen LogP contribution in [0.5, 0.6) is 11.6 Å². The molecule has 6 rings (SSSR count). The third kappa shape index (κ3) is 4.17. The second-order valence-corrected chi connectivity index (χ2v) is 11.0. The van der Waals surface area contributed by atoms with Crippen molar-refractivity contribution < 1.29 is 18.6 Å². The van der Waals surface area contributed by atoms with E-state index < -0.39 is 17.5 Å². The Hall–Kier alpha value is -3.40. The smallest absolute Gasteiger partial charge is 0.250 e. The highest BCUT2D eigenvalue weighted by molar-refractivity contribution is 5.73. The number of benzene rings is 1. The van der Waals surface area contributed by atoms with E-state index in [2.05, 4.69) is 32.4 Å². The molecule has 194 valence electrons. The number of methoxy groups -OCH3 is 1. The number of alkyl halides is 1. The molecule has 2 aromatic heterocycles.